The molecule has 1 atom stereocenters. The molecule has 7 heteroatoms. The summed E-state index contributed by atoms with van der Waals surface area (Å²) in [5.41, 5.74) is 0. The van der Waals surface area contributed by atoms with Crippen LogP contribution < -0.4 is 5.32 Å². The first kappa shape index (κ1) is 13.2. The standard InChI is InChI=1S/C9H14F3NO3/c1-16-6-2-5(3-6)13-4-7(8(14)15)9(10,11)12/h5-7,13H,2-4H2,1H3,(H,14,15). The first-order chi connectivity index (χ1) is 7.34. The number of hydrogen-bond acceptors (Lipinski definition) is 3. The molecule has 0 amide bonds. The summed E-state index contributed by atoms with van der Waals surface area (Å²) in [6, 6.07) is -0.0749. The molecule has 4 nitrogen and oxygen atoms in total. The molecule has 0 aromatic carbocycles. The van der Waals surface area contributed by atoms with Crippen molar-refractivity contribution >= 4 is 5.97 Å². The highest BCUT2D eigenvalue weighted by molar-refractivity contribution is 5.71. The lowest BCUT2D eigenvalue weighted by atomic mass is 9.89. The van der Waals surface area contributed by atoms with Gasteiger partial charge in [0.25, 0.3) is 0 Å². The van der Waals surface area contributed by atoms with E-state index in [2.05, 4.69) is 5.32 Å². The highest BCUT2D eigenvalue weighted by Crippen LogP contribution is 2.27. The summed E-state index contributed by atoms with van der Waals surface area (Å²) in [6.45, 7) is -0.583. The molecule has 2 N–H and O–H groups in total. The first-order valence-electron chi connectivity index (χ1n) is 4.90. The third-order valence-electron chi connectivity index (χ3n) is 2.73. The fraction of sp³-hybridized carbons (Fsp3) is 0.889. The van der Waals surface area contributed by atoms with Gasteiger partial charge in [0.2, 0.25) is 0 Å². The zero-order valence-electron chi connectivity index (χ0n) is 8.75. The van der Waals surface area contributed by atoms with E-state index in [-0.39, 0.29) is 12.1 Å². The molecule has 1 aliphatic carbocycles. The van der Waals surface area contributed by atoms with Crippen molar-refractivity contribution in [2.24, 2.45) is 5.92 Å². The third-order valence-corrected chi connectivity index (χ3v) is 2.73. The Bertz CT molecular complexity index is 251. The average molecular weight is 241 g/mol. The van der Waals surface area contributed by atoms with Crippen LogP contribution in [0, 0.1) is 5.92 Å². The van der Waals surface area contributed by atoms with Crippen molar-refractivity contribution in [3.63, 3.8) is 0 Å². The number of carbonyl (C=O) groups is 1. The van der Waals surface area contributed by atoms with Gasteiger partial charge in [-0.3, -0.25) is 4.79 Å². The Kier molecular flexibility index (Phi) is 4.15. The minimum absolute atomic E-state index is 0.0749. The predicted molar refractivity (Wildman–Crippen MR) is 49.0 cm³/mol. The van der Waals surface area contributed by atoms with Crippen molar-refractivity contribution < 1.29 is 27.8 Å². The van der Waals surface area contributed by atoms with E-state index in [1.165, 1.54) is 7.11 Å². The van der Waals surface area contributed by atoms with Crippen molar-refractivity contribution in [3.8, 4) is 0 Å². The van der Waals surface area contributed by atoms with Crippen LogP contribution in [0.3, 0.4) is 0 Å². The smallest absolute Gasteiger partial charge is 0.403 e. The van der Waals surface area contributed by atoms with Crippen LogP contribution in [0.5, 0.6) is 0 Å². The second-order valence-electron chi connectivity index (χ2n) is 3.87. The molecule has 0 bridgehead atoms. The zero-order chi connectivity index (χ0) is 12.3. The number of halogens is 3. The fourth-order valence-electron chi connectivity index (χ4n) is 1.55. The Morgan fingerprint density at radius 2 is 2.12 bits per heavy atom. The topological polar surface area (TPSA) is 58.6 Å². The van der Waals surface area contributed by atoms with Crippen LogP contribution in [-0.4, -0.2) is 43.1 Å². The molecule has 0 spiro atoms. The van der Waals surface area contributed by atoms with Crippen LogP contribution in [0.2, 0.25) is 0 Å². The van der Waals surface area contributed by atoms with Crippen LogP contribution in [0.15, 0.2) is 0 Å². The summed E-state index contributed by atoms with van der Waals surface area (Å²) in [6.07, 6.45) is -3.38. The lowest BCUT2D eigenvalue weighted by molar-refractivity contribution is -0.193. The van der Waals surface area contributed by atoms with E-state index in [1.54, 1.807) is 0 Å². The van der Waals surface area contributed by atoms with E-state index in [0.29, 0.717) is 12.8 Å². The van der Waals surface area contributed by atoms with E-state index >= 15 is 0 Å². The molecule has 1 unspecified atom stereocenters. The molecule has 1 rings (SSSR count). The molecule has 0 saturated heterocycles. The number of methoxy groups -OCH3 is 1. The van der Waals surface area contributed by atoms with Gasteiger partial charge in [-0.2, -0.15) is 13.2 Å². The summed E-state index contributed by atoms with van der Waals surface area (Å²) in [5.74, 6) is -4.18. The highest BCUT2D eigenvalue weighted by atomic mass is 19.4. The largest absolute Gasteiger partial charge is 0.481 e. The number of alkyl halides is 3. The lowest BCUT2D eigenvalue weighted by Gasteiger charge is -2.35. The Labute approximate surface area is 90.8 Å². The molecule has 0 heterocycles. The maximum absolute atomic E-state index is 12.2. The van der Waals surface area contributed by atoms with Gasteiger partial charge in [0.15, 0.2) is 5.92 Å². The van der Waals surface area contributed by atoms with Crippen LogP contribution in [0.25, 0.3) is 0 Å². The van der Waals surface area contributed by atoms with Gasteiger partial charge in [-0.1, -0.05) is 0 Å². The SMILES string of the molecule is COC1CC(NCC(C(=O)O)C(F)(F)F)C1. The number of rotatable bonds is 5. The minimum atomic E-state index is -4.71. The summed E-state index contributed by atoms with van der Waals surface area (Å²) in [5, 5.41) is 11.0. The monoisotopic (exact) mass is 241 g/mol. The summed E-state index contributed by atoms with van der Waals surface area (Å²) < 4.78 is 41.7. The number of ether oxygens (including phenoxy) is 1. The number of aliphatic carboxylic acids is 1. The van der Waals surface area contributed by atoms with Crippen LogP contribution >= 0.6 is 0 Å². The van der Waals surface area contributed by atoms with E-state index < -0.39 is 24.6 Å². The van der Waals surface area contributed by atoms with E-state index in [1.807, 2.05) is 0 Å². The third kappa shape index (κ3) is 3.34. The van der Waals surface area contributed by atoms with Gasteiger partial charge < -0.3 is 15.2 Å². The van der Waals surface area contributed by atoms with Crippen molar-refractivity contribution in [1.82, 2.24) is 5.32 Å². The van der Waals surface area contributed by atoms with Gasteiger partial charge >= 0.3 is 12.1 Å². The molecule has 1 fully saturated rings. The Morgan fingerprint density at radius 3 is 2.50 bits per heavy atom. The van der Waals surface area contributed by atoms with Crippen LogP contribution in [-0.2, 0) is 9.53 Å². The molecule has 0 aromatic heterocycles. The molecule has 0 aromatic rings. The van der Waals surface area contributed by atoms with Gasteiger partial charge in [-0.15, -0.1) is 0 Å². The normalized spacial score (nSPS) is 27.2. The van der Waals surface area contributed by atoms with Gasteiger partial charge in [0, 0.05) is 19.7 Å². The molecule has 1 saturated carbocycles. The van der Waals surface area contributed by atoms with Crippen LogP contribution in [0.1, 0.15) is 12.8 Å². The average Bonchev–Trinajstić information content (AvgIpc) is 2.05. The highest BCUT2D eigenvalue weighted by Gasteiger charge is 2.45. The van der Waals surface area contributed by atoms with Crippen molar-refractivity contribution in [1.29, 1.82) is 0 Å². The molecule has 0 radical (unpaired) electrons. The number of carboxylic acid groups (broad SMARTS) is 1. The molecular formula is C9H14F3NO3. The van der Waals surface area contributed by atoms with Crippen molar-refractivity contribution in [3.05, 3.63) is 0 Å². The van der Waals surface area contributed by atoms with Crippen molar-refractivity contribution in [2.75, 3.05) is 13.7 Å². The molecule has 94 valence electrons. The van der Waals surface area contributed by atoms with Crippen molar-refractivity contribution in [2.45, 2.75) is 31.2 Å². The van der Waals surface area contributed by atoms with Gasteiger partial charge in [0.05, 0.1) is 6.10 Å². The summed E-state index contributed by atoms with van der Waals surface area (Å²) >= 11 is 0. The van der Waals surface area contributed by atoms with Crippen LogP contribution in [0.4, 0.5) is 13.2 Å². The fourth-order valence-corrected chi connectivity index (χ4v) is 1.55. The maximum Gasteiger partial charge on any atom is 0.403 e. The Balaban J connectivity index is 2.32. The lowest BCUT2D eigenvalue weighted by Crippen LogP contribution is -2.49. The summed E-state index contributed by atoms with van der Waals surface area (Å²) in [7, 11) is 1.54. The number of hydrogen-bond donors (Lipinski definition) is 2. The first-order valence-corrected chi connectivity index (χ1v) is 4.90. The van der Waals surface area contributed by atoms with Gasteiger partial charge in [-0.25, -0.2) is 0 Å². The second-order valence-corrected chi connectivity index (χ2v) is 3.87. The quantitative estimate of drug-likeness (QED) is 0.754. The summed E-state index contributed by atoms with van der Waals surface area (Å²) in [4.78, 5) is 10.4. The zero-order valence-corrected chi connectivity index (χ0v) is 8.75. The van der Waals surface area contributed by atoms with Gasteiger partial charge in [0.1, 0.15) is 0 Å². The second kappa shape index (κ2) is 5.01. The maximum atomic E-state index is 12.2. The Hall–Kier alpha value is -0.820. The molecule has 0 aliphatic heterocycles. The number of carboxylic acids is 1. The number of nitrogens with one attached hydrogen (secondary N) is 1. The molecular weight excluding hydrogens is 227 g/mol. The van der Waals surface area contributed by atoms with E-state index in [9.17, 15) is 18.0 Å². The Morgan fingerprint density at radius 1 is 1.56 bits per heavy atom. The predicted octanol–water partition coefficient (Wildman–Crippen LogP) is 1.02. The van der Waals surface area contributed by atoms with E-state index in [0.717, 1.165) is 0 Å². The van der Waals surface area contributed by atoms with Gasteiger partial charge in [-0.05, 0) is 12.8 Å². The minimum Gasteiger partial charge on any atom is -0.481 e. The molecule has 16 heavy (non-hydrogen) atoms. The van der Waals surface area contributed by atoms with E-state index in [4.69, 9.17) is 9.84 Å². The molecule has 1 aliphatic rings.